The van der Waals surface area contributed by atoms with E-state index in [1.165, 1.54) is 0 Å². The van der Waals surface area contributed by atoms with Crippen LogP contribution in [0.2, 0.25) is 0 Å². The Hall–Kier alpha value is -3.19. The Bertz CT molecular complexity index is 1250. The van der Waals surface area contributed by atoms with Crippen LogP contribution in [0.1, 0.15) is 22.8 Å². The predicted octanol–water partition coefficient (Wildman–Crippen LogP) is 6.40. The van der Waals surface area contributed by atoms with Crippen LogP contribution in [0.4, 0.5) is 0 Å². The fourth-order valence-corrected chi connectivity index (χ4v) is 3.62. The standard InChI is InChI=1S/C20H14N4.C4H4S.Co/c1-2-14-10-16-5-6-18(23-16)12-20-8-7-19(24-20)11-17-4-3-15(22-17)9-13(1)21-14;1-2-4-5-3-1;/h1-12,21-22H;1-4H;. The maximum absolute atomic E-state index is 4.62. The van der Waals surface area contributed by atoms with Gasteiger partial charge in [0, 0.05) is 38.8 Å². The summed E-state index contributed by atoms with van der Waals surface area (Å²) in [5.74, 6) is 0. The zero-order valence-electron chi connectivity index (χ0n) is 15.9. The van der Waals surface area contributed by atoms with Gasteiger partial charge in [0.2, 0.25) is 0 Å². The third-order valence-corrected chi connectivity index (χ3v) is 5.10. The number of aromatic amines is 2. The Morgan fingerprint density at radius 1 is 0.533 bits per heavy atom. The van der Waals surface area contributed by atoms with Crippen molar-refractivity contribution < 1.29 is 16.8 Å². The third kappa shape index (κ3) is 4.86. The van der Waals surface area contributed by atoms with Gasteiger partial charge >= 0.3 is 0 Å². The zero-order chi connectivity index (χ0) is 19.5. The molecule has 0 fully saturated rings. The minimum Gasteiger partial charge on any atom is -0.355 e. The third-order valence-electron chi connectivity index (χ3n) is 4.47. The smallest absolute Gasteiger partial charge is 0.0659 e. The molecule has 4 nitrogen and oxygen atoms in total. The molecule has 2 aliphatic rings. The van der Waals surface area contributed by atoms with Gasteiger partial charge in [-0.2, -0.15) is 11.3 Å². The van der Waals surface area contributed by atoms with Gasteiger partial charge in [-0.05, 0) is 83.6 Å². The van der Waals surface area contributed by atoms with Gasteiger partial charge in [0.15, 0.2) is 0 Å². The summed E-state index contributed by atoms with van der Waals surface area (Å²) in [6, 6.07) is 20.4. The van der Waals surface area contributed by atoms with Crippen molar-refractivity contribution in [3.63, 3.8) is 0 Å². The summed E-state index contributed by atoms with van der Waals surface area (Å²) < 4.78 is 0. The fraction of sp³-hybridized carbons (Fsp3) is 0. The quantitative estimate of drug-likeness (QED) is 0.280. The van der Waals surface area contributed by atoms with Gasteiger partial charge in [-0.25, -0.2) is 9.97 Å². The van der Waals surface area contributed by atoms with E-state index in [2.05, 4.69) is 50.3 Å². The van der Waals surface area contributed by atoms with Gasteiger partial charge in [0.05, 0.1) is 22.8 Å². The SMILES string of the molecule is C1=Cc2cc3ccc(cc4ccc(cc5nc(cc1n2)C=C5)[nH]4)[nH]3.[Co].c1ccsc1. The molecule has 6 rings (SSSR count). The summed E-state index contributed by atoms with van der Waals surface area (Å²) in [5.41, 5.74) is 7.86. The second kappa shape index (κ2) is 9.09. The van der Waals surface area contributed by atoms with E-state index in [9.17, 15) is 0 Å². The van der Waals surface area contributed by atoms with Crippen molar-refractivity contribution in [2.75, 3.05) is 0 Å². The minimum absolute atomic E-state index is 0. The van der Waals surface area contributed by atoms with Crippen LogP contribution >= 0.6 is 11.3 Å². The molecule has 149 valence electrons. The first-order valence-corrected chi connectivity index (χ1v) is 10.3. The zero-order valence-corrected chi connectivity index (χ0v) is 17.7. The van der Waals surface area contributed by atoms with Crippen molar-refractivity contribution in [2.24, 2.45) is 0 Å². The number of thiophene rings is 1. The van der Waals surface area contributed by atoms with E-state index in [4.69, 9.17) is 0 Å². The number of hydrogen-bond donors (Lipinski definition) is 2. The van der Waals surface area contributed by atoms with Gasteiger partial charge < -0.3 is 9.97 Å². The van der Waals surface area contributed by atoms with E-state index in [1.807, 2.05) is 65.4 Å². The molecule has 4 aromatic rings. The Balaban J connectivity index is 0.000000321. The molecule has 0 spiro atoms. The van der Waals surface area contributed by atoms with Crippen LogP contribution in [0.3, 0.4) is 0 Å². The van der Waals surface area contributed by atoms with Crippen molar-refractivity contribution in [1.82, 2.24) is 19.9 Å². The average Bonchev–Trinajstić information content (AvgIpc) is 3.50. The van der Waals surface area contributed by atoms with Crippen LogP contribution in [-0.2, 0) is 16.8 Å². The molecule has 0 aliphatic carbocycles. The summed E-state index contributed by atoms with van der Waals surface area (Å²) in [6.45, 7) is 0. The molecule has 1 radical (unpaired) electrons. The maximum Gasteiger partial charge on any atom is 0.0659 e. The topological polar surface area (TPSA) is 57.4 Å². The average molecular weight is 453 g/mol. The molecule has 0 saturated heterocycles. The van der Waals surface area contributed by atoms with Gasteiger partial charge in [-0.1, -0.05) is 12.1 Å². The molecule has 0 saturated carbocycles. The normalized spacial score (nSPS) is 11.5. The number of nitrogens with one attached hydrogen (secondary N) is 2. The summed E-state index contributed by atoms with van der Waals surface area (Å²) in [7, 11) is 0. The van der Waals surface area contributed by atoms with Crippen LogP contribution in [0, 0.1) is 0 Å². The largest absolute Gasteiger partial charge is 0.355 e. The van der Waals surface area contributed by atoms with Crippen molar-refractivity contribution >= 4 is 57.7 Å². The molecule has 0 unspecified atom stereocenters. The minimum atomic E-state index is 0. The van der Waals surface area contributed by atoms with Gasteiger partial charge in [0.25, 0.3) is 0 Å². The summed E-state index contributed by atoms with van der Waals surface area (Å²) in [4.78, 5) is 16.0. The Morgan fingerprint density at radius 3 is 1.33 bits per heavy atom. The molecule has 2 N–H and O–H groups in total. The molecule has 0 aromatic carbocycles. The molecule has 30 heavy (non-hydrogen) atoms. The first kappa shape index (κ1) is 20.1. The van der Waals surface area contributed by atoms with Crippen LogP contribution in [0.5, 0.6) is 0 Å². The number of hydrogen-bond acceptors (Lipinski definition) is 3. The first-order valence-electron chi connectivity index (χ1n) is 9.32. The molecule has 6 heterocycles. The molecule has 4 aromatic heterocycles. The molecular weight excluding hydrogens is 435 g/mol. The Labute approximate surface area is 188 Å². The molecular formula is C24H18CoN4S. The van der Waals surface area contributed by atoms with E-state index in [-0.39, 0.29) is 16.8 Å². The Kier molecular flexibility index (Phi) is 6.09. The second-order valence-electron chi connectivity index (χ2n) is 6.70. The van der Waals surface area contributed by atoms with Crippen LogP contribution in [0.25, 0.3) is 46.4 Å². The fourth-order valence-electron chi connectivity index (χ4n) is 3.17. The first-order chi connectivity index (χ1) is 14.3. The van der Waals surface area contributed by atoms with E-state index < -0.39 is 0 Å². The van der Waals surface area contributed by atoms with Gasteiger partial charge in [0.1, 0.15) is 0 Å². The molecule has 6 heteroatoms. The molecule has 8 bridgehead atoms. The van der Waals surface area contributed by atoms with Crippen molar-refractivity contribution in [3.8, 4) is 0 Å². The summed E-state index contributed by atoms with van der Waals surface area (Å²) in [5, 5.41) is 4.08. The van der Waals surface area contributed by atoms with Gasteiger partial charge in [-0.3, -0.25) is 0 Å². The van der Waals surface area contributed by atoms with E-state index in [1.54, 1.807) is 11.3 Å². The van der Waals surface area contributed by atoms with Gasteiger partial charge in [-0.15, -0.1) is 0 Å². The van der Waals surface area contributed by atoms with E-state index >= 15 is 0 Å². The monoisotopic (exact) mass is 453 g/mol. The molecule has 0 atom stereocenters. The van der Waals surface area contributed by atoms with E-state index in [0.717, 1.165) is 44.8 Å². The van der Waals surface area contributed by atoms with Crippen LogP contribution < -0.4 is 0 Å². The number of H-pyrrole nitrogens is 2. The Morgan fingerprint density at radius 2 is 0.933 bits per heavy atom. The summed E-state index contributed by atoms with van der Waals surface area (Å²) in [6.07, 6.45) is 8.05. The van der Waals surface area contributed by atoms with Crippen LogP contribution in [0.15, 0.2) is 71.4 Å². The number of nitrogens with zero attached hydrogens (tertiary/aromatic N) is 2. The second-order valence-corrected chi connectivity index (χ2v) is 7.51. The van der Waals surface area contributed by atoms with Crippen molar-refractivity contribution in [1.29, 1.82) is 0 Å². The molecule has 0 amide bonds. The number of rotatable bonds is 0. The van der Waals surface area contributed by atoms with Crippen molar-refractivity contribution in [2.45, 2.75) is 0 Å². The van der Waals surface area contributed by atoms with Crippen molar-refractivity contribution in [3.05, 3.63) is 94.2 Å². The summed E-state index contributed by atoms with van der Waals surface area (Å²) >= 11 is 1.71. The van der Waals surface area contributed by atoms with Crippen LogP contribution in [-0.4, -0.2) is 19.9 Å². The predicted molar refractivity (Wildman–Crippen MR) is 123 cm³/mol. The molecule has 2 aliphatic heterocycles. The maximum atomic E-state index is 4.62. The number of fused-ring (bicyclic) bond motifs is 8. The van der Waals surface area contributed by atoms with E-state index in [0.29, 0.717) is 0 Å². The number of aromatic nitrogens is 4.